The predicted molar refractivity (Wildman–Crippen MR) is 80.2 cm³/mol. The summed E-state index contributed by atoms with van der Waals surface area (Å²) >= 11 is 0. The van der Waals surface area contributed by atoms with E-state index in [-0.39, 0.29) is 11.7 Å². The van der Waals surface area contributed by atoms with Crippen LogP contribution in [0.15, 0.2) is 30.5 Å². The Morgan fingerprint density at radius 1 is 1.45 bits per heavy atom. The minimum absolute atomic E-state index is 0.0434. The van der Waals surface area contributed by atoms with E-state index in [9.17, 15) is 14.3 Å². The minimum atomic E-state index is -0.995. The van der Waals surface area contributed by atoms with Crippen LogP contribution in [0, 0.1) is 18.7 Å². The molecule has 0 aliphatic heterocycles. The molecule has 0 saturated heterocycles. The number of halogens is 1. The number of aromatic nitrogens is 2. The highest BCUT2D eigenvalue weighted by molar-refractivity contribution is 5.94. The van der Waals surface area contributed by atoms with Crippen molar-refractivity contribution < 1.29 is 14.3 Å². The monoisotopic (exact) mass is 303 g/mol. The van der Waals surface area contributed by atoms with Crippen molar-refractivity contribution in [3.63, 3.8) is 0 Å². The number of carbonyl (C=O) groups is 1. The number of benzene rings is 1. The van der Waals surface area contributed by atoms with Gasteiger partial charge in [0.15, 0.2) is 0 Å². The van der Waals surface area contributed by atoms with Gasteiger partial charge in [0.25, 0.3) is 5.91 Å². The number of carbonyl (C=O) groups excluding carboxylic acids is 1. The maximum Gasteiger partial charge on any atom is 0.253 e. The molecule has 1 aliphatic rings. The highest BCUT2D eigenvalue weighted by Gasteiger charge is 2.31. The van der Waals surface area contributed by atoms with Crippen molar-refractivity contribution >= 4 is 11.6 Å². The third-order valence-corrected chi connectivity index (χ3v) is 4.21. The largest absolute Gasteiger partial charge is 0.383 e. The second-order valence-electron chi connectivity index (χ2n) is 5.63. The van der Waals surface area contributed by atoms with Crippen molar-refractivity contribution in [2.75, 3.05) is 5.32 Å². The van der Waals surface area contributed by atoms with Crippen LogP contribution in [0.3, 0.4) is 0 Å². The van der Waals surface area contributed by atoms with Gasteiger partial charge < -0.3 is 10.4 Å². The fraction of sp³-hybridized carbons (Fsp3) is 0.375. The molecule has 5 nitrogen and oxygen atoms in total. The van der Waals surface area contributed by atoms with Crippen LogP contribution in [0.1, 0.15) is 25.0 Å². The van der Waals surface area contributed by atoms with E-state index in [1.54, 1.807) is 25.1 Å². The lowest BCUT2D eigenvalue weighted by molar-refractivity contribution is -0.128. The molecule has 116 valence electrons. The molecule has 1 amide bonds. The molecule has 0 bridgehead atoms. The maximum absolute atomic E-state index is 13.8. The van der Waals surface area contributed by atoms with Gasteiger partial charge >= 0.3 is 0 Å². The van der Waals surface area contributed by atoms with E-state index in [0.29, 0.717) is 17.1 Å². The quantitative estimate of drug-likeness (QED) is 0.911. The molecule has 1 aliphatic carbocycles. The number of hydrogen-bond acceptors (Lipinski definition) is 3. The Bertz CT molecular complexity index is 694. The zero-order valence-corrected chi connectivity index (χ0v) is 12.3. The van der Waals surface area contributed by atoms with Gasteiger partial charge in [0.2, 0.25) is 0 Å². The predicted octanol–water partition coefficient (Wildman–Crippen LogP) is 2.42. The van der Waals surface area contributed by atoms with Crippen molar-refractivity contribution in [3.05, 3.63) is 42.0 Å². The molecule has 0 radical (unpaired) electrons. The average Bonchev–Trinajstić information content (AvgIpc) is 2.79. The first-order valence-corrected chi connectivity index (χ1v) is 7.36. The number of aliphatic hydroxyl groups excluding tert-OH is 1. The van der Waals surface area contributed by atoms with Gasteiger partial charge in [0, 0.05) is 0 Å². The highest BCUT2D eigenvalue weighted by Crippen LogP contribution is 2.30. The summed E-state index contributed by atoms with van der Waals surface area (Å²) < 4.78 is 15.3. The Morgan fingerprint density at radius 3 is 2.82 bits per heavy atom. The van der Waals surface area contributed by atoms with Crippen LogP contribution in [-0.2, 0) is 4.79 Å². The summed E-state index contributed by atoms with van der Waals surface area (Å²) in [6.45, 7) is 1.74. The summed E-state index contributed by atoms with van der Waals surface area (Å²) in [5.41, 5.74) is 1.41. The molecule has 2 aromatic rings. The van der Waals surface area contributed by atoms with E-state index >= 15 is 0 Å². The second-order valence-corrected chi connectivity index (χ2v) is 5.63. The van der Waals surface area contributed by atoms with Crippen molar-refractivity contribution in [2.24, 2.45) is 5.92 Å². The molecule has 1 heterocycles. The van der Waals surface area contributed by atoms with Crippen LogP contribution in [0.25, 0.3) is 5.69 Å². The van der Waals surface area contributed by atoms with Crippen LogP contribution in [-0.4, -0.2) is 26.9 Å². The second kappa shape index (κ2) is 5.88. The Balaban J connectivity index is 1.79. The minimum Gasteiger partial charge on any atom is -0.383 e. The van der Waals surface area contributed by atoms with Crippen LogP contribution < -0.4 is 5.32 Å². The summed E-state index contributed by atoms with van der Waals surface area (Å²) in [6, 6.07) is 6.30. The first kappa shape index (κ1) is 14.7. The van der Waals surface area contributed by atoms with E-state index in [1.165, 1.54) is 16.9 Å². The molecule has 22 heavy (non-hydrogen) atoms. The molecule has 1 aromatic carbocycles. The van der Waals surface area contributed by atoms with Gasteiger partial charge in [-0.2, -0.15) is 5.10 Å². The lowest BCUT2D eigenvalue weighted by Gasteiger charge is -2.29. The third-order valence-electron chi connectivity index (χ3n) is 4.21. The zero-order valence-electron chi connectivity index (χ0n) is 12.3. The summed E-state index contributed by atoms with van der Waals surface area (Å²) in [6.07, 6.45) is 3.28. The van der Waals surface area contributed by atoms with Crippen molar-refractivity contribution in [3.8, 4) is 5.69 Å². The number of para-hydroxylation sites is 1. The van der Waals surface area contributed by atoms with Crippen LogP contribution in [0.5, 0.6) is 0 Å². The Kier molecular flexibility index (Phi) is 3.94. The average molecular weight is 303 g/mol. The van der Waals surface area contributed by atoms with Crippen molar-refractivity contribution in [1.82, 2.24) is 9.78 Å². The SMILES string of the molecule is Cc1c(NC(=O)C(O)C2CCC2)cnn1-c1ccccc1F. The standard InChI is InChI=1S/C16H18FN3O2/c1-10-13(19-16(22)15(21)11-5-4-6-11)9-18-20(10)14-8-3-2-7-12(14)17/h2-3,7-9,11,15,21H,4-6H2,1H3,(H,19,22). The first-order valence-electron chi connectivity index (χ1n) is 7.36. The first-order chi connectivity index (χ1) is 10.6. The molecular weight excluding hydrogens is 285 g/mol. The number of anilines is 1. The van der Waals surface area contributed by atoms with Crippen LogP contribution in [0.4, 0.5) is 10.1 Å². The van der Waals surface area contributed by atoms with E-state index in [1.807, 2.05) is 0 Å². The fourth-order valence-electron chi connectivity index (χ4n) is 2.57. The van der Waals surface area contributed by atoms with Gasteiger partial charge in [-0.15, -0.1) is 0 Å². The Labute approximate surface area is 127 Å². The van der Waals surface area contributed by atoms with Gasteiger partial charge in [-0.1, -0.05) is 18.6 Å². The Hall–Kier alpha value is -2.21. The van der Waals surface area contributed by atoms with Crippen LogP contribution in [0.2, 0.25) is 0 Å². The number of rotatable bonds is 4. The normalized spacial score (nSPS) is 16.1. The Morgan fingerprint density at radius 2 is 2.18 bits per heavy atom. The maximum atomic E-state index is 13.8. The fourth-order valence-corrected chi connectivity index (χ4v) is 2.57. The molecule has 0 spiro atoms. The van der Waals surface area contributed by atoms with E-state index in [2.05, 4.69) is 10.4 Å². The van der Waals surface area contributed by atoms with Gasteiger partial charge in [-0.3, -0.25) is 4.79 Å². The van der Waals surface area contributed by atoms with Gasteiger partial charge in [0.05, 0.1) is 17.6 Å². The van der Waals surface area contributed by atoms with Crippen molar-refractivity contribution in [1.29, 1.82) is 0 Å². The summed E-state index contributed by atoms with van der Waals surface area (Å²) in [5, 5.41) is 16.8. The number of aliphatic hydroxyl groups is 1. The molecule has 1 saturated carbocycles. The number of nitrogens with zero attached hydrogens (tertiary/aromatic N) is 2. The van der Waals surface area contributed by atoms with E-state index in [4.69, 9.17) is 0 Å². The lowest BCUT2D eigenvalue weighted by Crippen LogP contribution is -2.37. The lowest BCUT2D eigenvalue weighted by atomic mass is 9.81. The molecule has 3 rings (SSSR count). The summed E-state index contributed by atoms with van der Waals surface area (Å²) in [4.78, 5) is 12.0. The summed E-state index contributed by atoms with van der Waals surface area (Å²) in [7, 11) is 0. The van der Waals surface area contributed by atoms with Gasteiger partial charge in [0.1, 0.15) is 17.6 Å². The molecule has 1 aromatic heterocycles. The highest BCUT2D eigenvalue weighted by atomic mass is 19.1. The summed E-state index contributed by atoms with van der Waals surface area (Å²) in [5.74, 6) is -0.774. The molecule has 1 atom stereocenters. The number of amides is 1. The molecule has 1 unspecified atom stereocenters. The molecular formula is C16H18FN3O2. The topological polar surface area (TPSA) is 67.2 Å². The third kappa shape index (κ3) is 2.62. The van der Waals surface area contributed by atoms with E-state index < -0.39 is 12.0 Å². The number of nitrogens with one attached hydrogen (secondary N) is 1. The number of hydrogen-bond donors (Lipinski definition) is 2. The van der Waals surface area contributed by atoms with Crippen LogP contribution >= 0.6 is 0 Å². The zero-order chi connectivity index (χ0) is 15.7. The van der Waals surface area contributed by atoms with Gasteiger partial charge in [-0.25, -0.2) is 9.07 Å². The van der Waals surface area contributed by atoms with Gasteiger partial charge in [-0.05, 0) is 37.8 Å². The smallest absolute Gasteiger partial charge is 0.253 e. The molecule has 2 N–H and O–H groups in total. The molecule has 6 heteroatoms. The van der Waals surface area contributed by atoms with Crippen molar-refractivity contribution in [2.45, 2.75) is 32.3 Å². The van der Waals surface area contributed by atoms with E-state index in [0.717, 1.165) is 19.3 Å². The molecule has 1 fully saturated rings.